The first-order chi connectivity index (χ1) is 6.75. The molecule has 2 heterocycles. The van der Waals surface area contributed by atoms with Crippen LogP contribution >= 0.6 is 0 Å². The van der Waals surface area contributed by atoms with Gasteiger partial charge in [0.15, 0.2) is 5.43 Å². The second-order valence-electron chi connectivity index (χ2n) is 3.00. The van der Waals surface area contributed by atoms with Gasteiger partial charge in [0.25, 0.3) is 0 Å². The van der Waals surface area contributed by atoms with Crippen LogP contribution in [-0.4, -0.2) is 14.9 Å². The average molecular weight is 191 g/mol. The molecule has 0 aliphatic heterocycles. The molecule has 0 aromatic carbocycles. The number of pyridine rings is 1. The maximum absolute atomic E-state index is 10.8. The molecule has 5 nitrogen and oxygen atoms in total. The first kappa shape index (κ1) is 8.68. The minimum atomic E-state index is -0.00347. The van der Waals surface area contributed by atoms with E-state index in [-0.39, 0.29) is 5.43 Å². The van der Waals surface area contributed by atoms with E-state index in [2.05, 4.69) is 14.9 Å². The van der Waals surface area contributed by atoms with E-state index in [1.165, 1.54) is 12.1 Å². The Kier molecular flexibility index (Phi) is 2.14. The van der Waals surface area contributed by atoms with Crippen LogP contribution in [0.4, 0.5) is 0 Å². The van der Waals surface area contributed by atoms with Crippen LogP contribution < -0.4 is 5.43 Å². The highest BCUT2D eigenvalue weighted by atomic mass is 16.6. The highest BCUT2D eigenvalue weighted by Crippen LogP contribution is 2.02. The van der Waals surface area contributed by atoms with Crippen LogP contribution in [0.3, 0.4) is 0 Å². The zero-order valence-electron chi connectivity index (χ0n) is 7.67. The zero-order chi connectivity index (χ0) is 9.97. The molecule has 72 valence electrons. The van der Waals surface area contributed by atoms with Gasteiger partial charge in [0, 0.05) is 24.5 Å². The van der Waals surface area contributed by atoms with Crippen molar-refractivity contribution < 1.29 is 4.63 Å². The Bertz CT molecular complexity index is 466. The fourth-order valence-electron chi connectivity index (χ4n) is 1.11. The molecule has 0 fully saturated rings. The van der Waals surface area contributed by atoms with Gasteiger partial charge in [-0.3, -0.25) is 4.79 Å². The Hall–Kier alpha value is -1.91. The standard InChI is InChI=1S/C9H9N3O2/c1-7-9(11-14-10-7)6-12-4-2-8(13)3-5-12/h2-5H,6H2,1H3. The van der Waals surface area contributed by atoms with Crippen molar-refractivity contribution in [2.45, 2.75) is 13.5 Å². The van der Waals surface area contributed by atoms with E-state index in [1.54, 1.807) is 12.4 Å². The van der Waals surface area contributed by atoms with E-state index in [0.717, 1.165) is 11.4 Å². The van der Waals surface area contributed by atoms with Crippen molar-refractivity contribution in [3.8, 4) is 0 Å². The van der Waals surface area contributed by atoms with Crippen molar-refractivity contribution in [3.63, 3.8) is 0 Å². The van der Waals surface area contributed by atoms with Crippen LogP contribution in [0.2, 0.25) is 0 Å². The van der Waals surface area contributed by atoms with Gasteiger partial charge >= 0.3 is 0 Å². The Morgan fingerprint density at radius 2 is 2.07 bits per heavy atom. The average Bonchev–Trinajstić information content (AvgIpc) is 2.56. The summed E-state index contributed by atoms with van der Waals surface area (Å²) in [5.74, 6) is 0. The first-order valence-corrected chi connectivity index (χ1v) is 4.20. The summed E-state index contributed by atoms with van der Waals surface area (Å²) in [6.45, 7) is 2.39. The number of aromatic nitrogens is 3. The Balaban J connectivity index is 2.23. The summed E-state index contributed by atoms with van der Waals surface area (Å²) in [5.41, 5.74) is 1.54. The highest BCUT2D eigenvalue weighted by molar-refractivity contribution is 5.06. The van der Waals surface area contributed by atoms with E-state index < -0.39 is 0 Å². The summed E-state index contributed by atoms with van der Waals surface area (Å²) in [4.78, 5) is 10.8. The second kappa shape index (κ2) is 3.45. The molecule has 0 radical (unpaired) electrons. The molecule has 5 heteroatoms. The van der Waals surface area contributed by atoms with Crippen molar-refractivity contribution in [1.29, 1.82) is 0 Å². The van der Waals surface area contributed by atoms with Crippen molar-refractivity contribution in [1.82, 2.24) is 14.9 Å². The molecule has 0 spiro atoms. The maximum atomic E-state index is 10.8. The normalized spacial score (nSPS) is 10.4. The number of rotatable bonds is 2. The fraction of sp³-hybridized carbons (Fsp3) is 0.222. The summed E-state index contributed by atoms with van der Waals surface area (Å²) in [6.07, 6.45) is 3.41. The molecule has 0 unspecified atom stereocenters. The van der Waals surface area contributed by atoms with Crippen LogP contribution in [0.1, 0.15) is 11.4 Å². The lowest BCUT2D eigenvalue weighted by Crippen LogP contribution is -2.05. The molecule has 14 heavy (non-hydrogen) atoms. The number of hydrogen-bond acceptors (Lipinski definition) is 4. The Morgan fingerprint density at radius 3 is 2.64 bits per heavy atom. The molecule has 0 amide bonds. The smallest absolute Gasteiger partial charge is 0.181 e. The Labute approximate surface area is 79.9 Å². The van der Waals surface area contributed by atoms with Gasteiger partial charge in [0.05, 0.1) is 6.54 Å². The van der Waals surface area contributed by atoms with Crippen molar-refractivity contribution in [2.75, 3.05) is 0 Å². The van der Waals surface area contributed by atoms with Gasteiger partial charge in [-0.15, -0.1) is 0 Å². The lowest BCUT2D eigenvalue weighted by Gasteiger charge is -2.01. The van der Waals surface area contributed by atoms with E-state index >= 15 is 0 Å². The second-order valence-corrected chi connectivity index (χ2v) is 3.00. The number of hydrogen-bond donors (Lipinski definition) is 0. The third kappa shape index (κ3) is 1.71. The van der Waals surface area contributed by atoms with Gasteiger partial charge in [-0.1, -0.05) is 10.3 Å². The Morgan fingerprint density at radius 1 is 1.36 bits per heavy atom. The molecule has 0 bridgehead atoms. The minimum absolute atomic E-state index is 0.00347. The third-order valence-electron chi connectivity index (χ3n) is 1.94. The quantitative estimate of drug-likeness (QED) is 0.696. The fourth-order valence-corrected chi connectivity index (χ4v) is 1.11. The highest BCUT2D eigenvalue weighted by Gasteiger charge is 2.04. The molecule has 2 aromatic rings. The molecule has 2 rings (SSSR count). The molecule has 0 saturated heterocycles. The van der Waals surface area contributed by atoms with Crippen LogP contribution in [0.25, 0.3) is 0 Å². The van der Waals surface area contributed by atoms with Crippen LogP contribution in [0.5, 0.6) is 0 Å². The van der Waals surface area contributed by atoms with E-state index in [4.69, 9.17) is 0 Å². The van der Waals surface area contributed by atoms with E-state index in [1.807, 2.05) is 11.5 Å². The summed E-state index contributed by atoms with van der Waals surface area (Å²) in [7, 11) is 0. The van der Waals surface area contributed by atoms with Crippen LogP contribution in [0.15, 0.2) is 33.9 Å². The third-order valence-corrected chi connectivity index (χ3v) is 1.94. The number of aryl methyl sites for hydroxylation is 1. The van der Waals surface area contributed by atoms with E-state index in [9.17, 15) is 4.79 Å². The summed E-state index contributed by atoms with van der Waals surface area (Å²) in [5, 5.41) is 7.42. The minimum Gasteiger partial charge on any atom is -0.348 e. The van der Waals surface area contributed by atoms with Crippen LogP contribution in [-0.2, 0) is 6.54 Å². The SMILES string of the molecule is Cc1nonc1Cn1ccc(=O)cc1. The molecular weight excluding hydrogens is 182 g/mol. The topological polar surface area (TPSA) is 60.9 Å². The summed E-state index contributed by atoms with van der Waals surface area (Å²) in [6, 6.07) is 3.01. The molecule has 0 atom stereocenters. The van der Waals surface area contributed by atoms with Crippen molar-refractivity contribution in [3.05, 3.63) is 46.1 Å². The first-order valence-electron chi connectivity index (χ1n) is 4.20. The molecule has 0 N–H and O–H groups in total. The molecule has 0 aliphatic carbocycles. The molecule has 0 aliphatic rings. The van der Waals surface area contributed by atoms with Gasteiger partial charge in [-0.2, -0.15) is 0 Å². The van der Waals surface area contributed by atoms with Gasteiger partial charge in [0.1, 0.15) is 11.4 Å². The molecule has 2 aromatic heterocycles. The number of nitrogens with zero attached hydrogens (tertiary/aromatic N) is 3. The molecule has 0 saturated carbocycles. The largest absolute Gasteiger partial charge is 0.348 e. The zero-order valence-corrected chi connectivity index (χ0v) is 7.67. The monoisotopic (exact) mass is 191 g/mol. The summed E-state index contributed by atoms with van der Waals surface area (Å²) < 4.78 is 6.41. The molecular formula is C9H9N3O2. The van der Waals surface area contributed by atoms with Gasteiger partial charge in [0.2, 0.25) is 0 Å². The van der Waals surface area contributed by atoms with Gasteiger partial charge < -0.3 is 4.57 Å². The predicted molar refractivity (Wildman–Crippen MR) is 48.8 cm³/mol. The predicted octanol–water partition coefficient (Wildman–Crippen LogP) is 0.588. The van der Waals surface area contributed by atoms with E-state index in [0.29, 0.717) is 6.54 Å². The van der Waals surface area contributed by atoms with Crippen molar-refractivity contribution >= 4 is 0 Å². The summed E-state index contributed by atoms with van der Waals surface area (Å²) >= 11 is 0. The van der Waals surface area contributed by atoms with Gasteiger partial charge in [-0.25, -0.2) is 4.63 Å². The van der Waals surface area contributed by atoms with Gasteiger partial charge in [-0.05, 0) is 6.92 Å². The van der Waals surface area contributed by atoms with Crippen LogP contribution in [0, 0.1) is 6.92 Å². The maximum Gasteiger partial charge on any atom is 0.181 e. The van der Waals surface area contributed by atoms with Crippen molar-refractivity contribution in [2.24, 2.45) is 0 Å². The lowest BCUT2D eigenvalue weighted by atomic mass is 10.3. The lowest BCUT2D eigenvalue weighted by molar-refractivity contribution is 0.300.